The number of ether oxygens (including phenoxy) is 1. The quantitative estimate of drug-likeness (QED) is 0.574. The Bertz CT molecular complexity index is 1170. The first-order valence-corrected chi connectivity index (χ1v) is 7.43. The number of carbonyl (C=O) groups excluding carboxylic acids is 1. The SMILES string of the molecule is COc1ccc2cc3c(N)nn(C(=O)c4ccc(=O)[nH]c4)c3nc2c1. The second kappa shape index (κ2) is 5.45. The minimum atomic E-state index is -0.437. The largest absolute Gasteiger partial charge is 0.497 e. The van der Waals surface area contributed by atoms with Crippen molar-refractivity contribution in [1.82, 2.24) is 19.7 Å². The van der Waals surface area contributed by atoms with Crippen molar-refractivity contribution in [1.29, 1.82) is 0 Å². The number of nitrogens with two attached hydrogens (primary N) is 1. The maximum absolute atomic E-state index is 12.7. The smallest absolute Gasteiger partial charge is 0.281 e. The van der Waals surface area contributed by atoms with Crippen LogP contribution in [0.15, 0.2) is 47.4 Å². The molecule has 3 aromatic heterocycles. The van der Waals surface area contributed by atoms with E-state index in [2.05, 4.69) is 15.1 Å². The molecule has 0 aliphatic heterocycles. The topological polar surface area (TPSA) is 116 Å². The van der Waals surface area contributed by atoms with Crippen LogP contribution in [0.2, 0.25) is 0 Å². The number of benzene rings is 1. The molecular formula is C17H13N5O3. The number of nitrogens with one attached hydrogen (secondary N) is 1. The number of hydrogen-bond donors (Lipinski definition) is 2. The van der Waals surface area contributed by atoms with Crippen LogP contribution in [0.4, 0.5) is 5.82 Å². The van der Waals surface area contributed by atoms with Crippen LogP contribution in [0.5, 0.6) is 5.75 Å². The third-order valence-electron chi connectivity index (χ3n) is 3.91. The Morgan fingerprint density at radius 1 is 1.24 bits per heavy atom. The highest BCUT2D eigenvalue weighted by Crippen LogP contribution is 2.26. The predicted molar refractivity (Wildman–Crippen MR) is 92.8 cm³/mol. The van der Waals surface area contributed by atoms with Gasteiger partial charge in [0.2, 0.25) is 5.56 Å². The van der Waals surface area contributed by atoms with Gasteiger partial charge in [0, 0.05) is 23.7 Å². The maximum atomic E-state index is 12.7. The number of aromatic nitrogens is 4. The molecule has 4 aromatic rings. The van der Waals surface area contributed by atoms with E-state index in [0.29, 0.717) is 22.3 Å². The van der Waals surface area contributed by atoms with Gasteiger partial charge in [0.1, 0.15) is 5.75 Å². The molecule has 0 spiro atoms. The Labute approximate surface area is 140 Å². The number of nitrogen functional groups attached to an aromatic ring is 1. The van der Waals surface area contributed by atoms with Crippen LogP contribution in [0.3, 0.4) is 0 Å². The number of pyridine rings is 2. The monoisotopic (exact) mass is 335 g/mol. The van der Waals surface area contributed by atoms with Crippen molar-refractivity contribution in [2.45, 2.75) is 0 Å². The number of hydrogen-bond acceptors (Lipinski definition) is 6. The fraction of sp³-hybridized carbons (Fsp3) is 0.0588. The highest BCUT2D eigenvalue weighted by molar-refractivity contribution is 6.04. The Morgan fingerprint density at radius 3 is 2.80 bits per heavy atom. The molecule has 0 atom stereocenters. The number of rotatable bonds is 2. The van der Waals surface area contributed by atoms with E-state index in [0.717, 1.165) is 10.1 Å². The van der Waals surface area contributed by atoms with Crippen molar-refractivity contribution in [3.05, 3.63) is 58.5 Å². The van der Waals surface area contributed by atoms with Crippen LogP contribution >= 0.6 is 0 Å². The number of methoxy groups -OCH3 is 1. The minimum absolute atomic E-state index is 0.206. The molecule has 0 saturated carbocycles. The summed E-state index contributed by atoms with van der Waals surface area (Å²) in [4.78, 5) is 30.9. The number of aromatic amines is 1. The van der Waals surface area contributed by atoms with Crippen LogP contribution in [-0.2, 0) is 0 Å². The second-order valence-electron chi connectivity index (χ2n) is 5.46. The van der Waals surface area contributed by atoms with E-state index in [1.807, 2.05) is 18.2 Å². The molecule has 0 fully saturated rings. The van der Waals surface area contributed by atoms with Gasteiger partial charge >= 0.3 is 0 Å². The van der Waals surface area contributed by atoms with Crippen LogP contribution in [0, 0.1) is 0 Å². The number of H-pyrrole nitrogens is 1. The molecule has 8 nitrogen and oxygen atoms in total. The van der Waals surface area contributed by atoms with Gasteiger partial charge in [0.05, 0.1) is 23.6 Å². The highest BCUT2D eigenvalue weighted by Gasteiger charge is 2.18. The summed E-state index contributed by atoms with van der Waals surface area (Å²) in [6, 6.07) is 9.98. The van der Waals surface area contributed by atoms with Gasteiger partial charge in [-0.2, -0.15) is 4.68 Å². The molecule has 0 bridgehead atoms. The Hall–Kier alpha value is -3.68. The van der Waals surface area contributed by atoms with Gasteiger partial charge in [-0.25, -0.2) is 4.98 Å². The van der Waals surface area contributed by atoms with Crippen molar-refractivity contribution in [3.8, 4) is 5.75 Å². The molecule has 0 unspecified atom stereocenters. The molecule has 1 aromatic carbocycles. The maximum Gasteiger partial charge on any atom is 0.281 e. The van der Waals surface area contributed by atoms with E-state index < -0.39 is 5.91 Å². The number of nitrogens with zero attached hydrogens (tertiary/aromatic N) is 3. The minimum Gasteiger partial charge on any atom is -0.497 e. The number of anilines is 1. The fourth-order valence-corrected chi connectivity index (χ4v) is 2.63. The van der Waals surface area contributed by atoms with Gasteiger partial charge in [0.15, 0.2) is 11.5 Å². The van der Waals surface area contributed by atoms with E-state index in [1.165, 1.54) is 18.3 Å². The fourth-order valence-electron chi connectivity index (χ4n) is 2.63. The standard InChI is InChI=1S/C17H13N5O3/c1-25-11-4-2-9-6-12-15(18)21-22(16(12)20-13(9)7-11)17(24)10-3-5-14(23)19-8-10/h2-8H,1H3,(H2,18,21)(H,19,23). The third-order valence-corrected chi connectivity index (χ3v) is 3.91. The lowest BCUT2D eigenvalue weighted by atomic mass is 10.2. The average Bonchev–Trinajstić information content (AvgIpc) is 2.95. The van der Waals surface area contributed by atoms with Crippen molar-refractivity contribution in [3.63, 3.8) is 0 Å². The Kier molecular flexibility index (Phi) is 3.24. The summed E-state index contributed by atoms with van der Waals surface area (Å²) in [5, 5.41) is 5.55. The first-order chi connectivity index (χ1) is 12.1. The van der Waals surface area contributed by atoms with Gasteiger partial charge in [0.25, 0.3) is 5.91 Å². The average molecular weight is 335 g/mol. The van der Waals surface area contributed by atoms with Crippen LogP contribution in [0.25, 0.3) is 21.9 Å². The summed E-state index contributed by atoms with van der Waals surface area (Å²) in [6.45, 7) is 0. The summed E-state index contributed by atoms with van der Waals surface area (Å²) in [7, 11) is 1.57. The second-order valence-corrected chi connectivity index (χ2v) is 5.46. The molecule has 0 saturated heterocycles. The first kappa shape index (κ1) is 14.9. The number of fused-ring (bicyclic) bond motifs is 2. The van der Waals surface area contributed by atoms with Gasteiger partial charge < -0.3 is 15.5 Å². The summed E-state index contributed by atoms with van der Waals surface area (Å²) < 4.78 is 6.35. The zero-order valence-electron chi connectivity index (χ0n) is 13.2. The lowest BCUT2D eigenvalue weighted by Crippen LogP contribution is -2.16. The molecule has 0 radical (unpaired) electrons. The zero-order valence-corrected chi connectivity index (χ0v) is 13.2. The van der Waals surface area contributed by atoms with Gasteiger partial charge in [-0.15, -0.1) is 5.10 Å². The molecule has 124 valence electrons. The molecule has 0 amide bonds. The lowest BCUT2D eigenvalue weighted by molar-refractivity contribution is 0.0950. The normalized spacial score (nSPS) is 11.1. The van der Waals surface area contributed by atoms with E-state index in [4.69, 9.17) is 10.5 Å². The molecule has 3 N–H and O–H groups in total. The summed E-state index contributed by atoms with van der Waals surface area (Å²) in [5.74, 6) is 0.427. The molecule has 25 heavy (non-hydrogen) atoms. The first-order valence-electron chi connectivity index (χ1n) is 7.43. The summed E-state index contributed by atoms with van der Waals surface area (Å²) in [6.07, 6.45) is 1.33. The van der Waals surface area contributed by atoms with Crippen LogP contribution in [0.1, 0.15) is 10.4 Å². The predicted octanol–water partition coefficient (Wildman–Crippen LogP) is 1.55. The van der Waals surface area contributed by atoms with Crippen molar-refractivity contribution in [2.75, 3.05) is 12.8 Å². The Morgan fingerprint density at radius 2 is 2.08 bits per heavy atom. The van der Waals surface area contributed by atoms with Crippen molar-refractivity contribution in [2.24, 2.45) is 0 Å². The van der Waals surface area contributed by atoms with Crippen molar-refractivity contribution >= 4 is 33.7 Å². The third kappa shape index (κ3) is 2.40. The van der Waals surface area contributed by atoms with Gasteiger partial charge in [-0.05, 0) is 24.3 Å². The van der Waals surface area contributed by atoms with Crippen molar-refractivity contribution < 1.29 is 9.53 Å². The molecule has 4 rings (SSSR count). The molecule has 0 aliphatic carbocycles. The van der Waals surface area contributed by atoms with E-state index in [9.17, 15) is 9.59 Å². The van der Waals surface area contributed by atoms with E-state index in [1.54, 1.807) is 13.2 Å². The highest BCUT2D eigenvalue weighted by atomic mass is 16.5. The molecule has 8 heteroatoms. The van der Waals surface area contributed by atoms with Crippen LogP contribution in [-0.4, -0.2) is 32.8 Å². The molecule has 3 heterocycles. The van der Waals surface area contributed by atoms with Gasteiger partial charge in [-0.3, -0.25) is 9.59 Å². The summed E-state index contributed by atoms with van der Waals surface area (Å²) >= 11 is 0. The van der Waals surface area contributed by atoms with Crippen LogP contribution < -0.4 is 16.0 Å². The molecule has 0 aliphatic rings. The van der Waals surface area contributed by atoms with E-state index in [-0.39, 0.29) is 16.9 Å². The molecular weight excluding hydrogens is 322 g/mol. The summed E-state index contributed by atoms with van der Waals surface area (Å²) in [5.41, 5.74) is 6.94. The zero-order chi connectivity index (χ0) is 17.6. The number of carbonyl (C=O) groups is 1. The lowest BCUT2D eigenvalue weighted by Gasteiger charge is -2.04. The van der Waals surface area contributed by atoms with E-state index >= 15 is 0 Å². The van der Waals surface area contributed by atoms with Gasteiger partial charge in [-0.1, -0.05) is 0 Å². The Balaban J connectivity index is 1.94.